The van der Waals surface area contributed by atoms with Gasteiger partial charge in [0.05, 0.1) is 28.6 Å². The maximum atomic E-state index is 12.2. The van der Waals surface area contributed by atoms with Gasteiger partial charge < -0.3 is 20.5 Å². The molecule has 0 unspecified atom stereocenters. The molecule has 2 rings (SSSR count). The molecule has 1 aromatic rings. The van der Waals surface area contributed by atoms with Crippen molar-refractivity contribution >= 4 is 35.1 Å². The maximum absolute atomic E-state index is 12.2. The van der Waals surface area contributed by atoms with E-state index in [1.165, 1.54) is 17.0 Å². The lowest BCUT2D eigenvalue weighted by Gasteiger charge is -2.25. The molecule has 1 heterocycles. The number of likely N-dealkylation sites (tertiary alicyclic amines) is 1. The summed E-state index contributed by atoms with van der Waals surface area (Å²) in [5, 5.41) is 11.6. The van der Waals surface area contributed by atoms with E-state index >= 15 is 0 Å². The number of carboxylic acids is 1. The van der Waals surface area contributed by atoms with Crippen LogP contribution >= 0.6 is 23.2 Å². The van der Waals surface area contributed by atoms with Gasteiger partial charge in [0.25, 0.3) is 5.91 Å². The van der Waals surface area contributed by atoms with Gasteiger partial charge in [-0.15, -0.1) is 0 Å². The number of nitrogens with zero attached hydrogens (tertiary/aromatic N) is 1. The number of hydrogen-bond acceptors (Lipinski definition) is 3. The molecule has 0 saturated carbocycles. The zero-order valence-corrected chi connectivity index (χ0v) is 14.2. The molecular formula is C15H20Cl2N2O3. The topological polar surface area (TPSA) is 88.1 Å². The molecule has 0 spiro atoms. The van der Waals surface area contributed by atoms with Crippen LogP contribution in [0.1, 0.15) is 37.0 Å². The van der Waals surface area contributed by atoms with Gasteiger partial charge in [-0.1, -0.05) is 23.2 Å². The molecule has 0 aliphatic carbocycles. The summed E-state index contributed by atoms with van der Waals surface area (Å²) in [6, 6.07) is 4.22. The number of halogens is 2. The summed E-state index contributed by atoms with van der Waals surface area (Å²) in [5.74, 6) is -1.63. The molecule has 1 aliphatic heterocycles. The van der Waals surface area contributed by atoms with Gasteiger partial charge in [-0.25, -0.2) is 0 Å². The molecule has 0 aromatic heterocycles. The Hall–Kier alpha value is -1.30. The van der Waals surface area contributed by atoms with Crippen LogP contribution in [0, 0.1) is 0 Å². The Labute approximate surface area is 140 Å². The molecule has 0 radical (unpaired) electrons. The Morgan fingerprint density at radius 3 is 2.45 bits per heavy atom. The molecule has 1 aromatic carbocycles. The van der Waals surface area contributed by atoms with Crippen LogP contribution in [0.2, 0.25) is 10.0 Å². The molecule has 1 atom stereocenters. The van der Waals surface area contributed by atoms with E-state index in [4.69, 9.17) is 23.2 Å². The van der Waals surface area contributed by atoms with Crippen LogP contribution in [0.4, 0.5) is 0 Å². The Balaban J connectivity index is 0.000000541. The second-order valence-electron chi connectivity index (χ2n) is 5.49. The van der Waals surface area contributed by atoms with Gasteiger partial charge in [0, 0.05) is 11.6 Å². The first-order valence-corrected chi connectivity index (χ1v) is 7.79. The molecule has 1 fully saturated rings. The van der Waals surface area contributed by atoms with E-state index in [1.807, 2.05) is 0 Å². The van der Waals surface area contributed by atoms with Crippen LogP contribution < -0.4 is 10.8 Å². The van der Waals surface area contributed by atoms with Gasteiger partial charge in [-0.2, -0.15) is 0 Å². The monoisotopic (exact) mass is 346 g/mol. The molecule has 1 aliphatic rings. The van der Waals surface area contributed by atoms with Crippen molar-refractivity contribution in [1.82, 2.24) is 4.90 Å². The van der Waals surface area contributed by atoms with Gasteiger partial charge in [0.1, 0.15) is 0 Å². The third-order valence-electron chi connectivity index (χ3n) is 2.95. The van der Waals surface area contributed by atoms with Crippen molar-refractivity contribution < 1.29 is 20.4 Å². The van der Waals surface area contributed by atoms with Crippen LogP contribution in [-0.2, 0) is 4.79 Å². The third-order valence-corrected chi connectivity index (χ3v) is 3.50. The number of carboxylic acid groups (broad SMARTS) is 1. The average Bonchev–Trinajstić information content (AvgIpc) is 2.86. The summed E-state index contributed by atoms with van der Waals surface area (Å²) in [6.45, 7) is 4.51. The number of rotatable bonds is 2. The van der Waals surface area contributed by atoms with Gasteiger partial charge in [-0.3, -0.25) is 4.79 Å². The van der Waals surface area contributed by atoms with Crippen LogP contribution in [0.5, 0.6) is 0 Å². The second kappa shape index (κ2) is 8.36. The van der Waals surface area contributed by atoms with E-state index in [-0.39, 0.29) is 10.6 Å². The first-order valence-electron chi connectivity index (χ1n) is 7.04. The predicted molar refractivity (Wildman–Crippen MR) is 83.6 cm³/mol. The Kier molecular flexibility index (Phi) is 7.13. The van der Waals surface area contributed by atoms with Crippen LogP contribution in [-0.4, -0.2) is 35.4 Å². The lowest BCUT2D eigenvalue weighted by atomic mass is 10.1. The molecule has 1 saturated heterocycles. The van der Waals surface area contributed by atoms with Crippen molar-refractivity contribution in [1.29, 1.82) is 0 Å². The highest BCUT2D eigenvalue weighted by Gasteiger charge is 2.31. The Morgan fingerprint density at radius 2 is 1.95 bits per heavy atom. The Morgan fingerprint density at radius 1 is 1.36 bits per heavy atom. The number of benzene rings is 1. The number of aliphatic carboxylic acids is 1. The molecular weight excluding hydrogens is 327 g/mol. The van der Waals surface area contributed by atoms with Crippen molar-refractivity contribution in [2.75, 3.05) is 6.54 Å². The fourth-order valence-corrected chi connectivity index (χ4v) is 2.56. The van der Waals surface area contributed by atoms with Crippen molar-refractivity contribution in [3.8, 4) is 0 Å². The van der Waals surface area contributed by atoms with Crippen LogP contribution in [0.25, 0.3) is 0 Å². The van der Waals surface area contributed by atoms with Crippen molar-refractivity contribution in [3.05, 3.63) is 33.8 Å². The average molecular weight is 347 g/mol. The summed E-state index contributed by atoms with van der Waals surface area (Å²) < 4.78 is 0. The van der Waals surface area contributed by atoms with E-state index < -0.39 is 17.9 Å². The Bertz CT molecular complexity index is 547. The minimum atomic E-state index is -1.23. The standard InChI is InChI=1S/C12H11Cl2NO3.C3H9N/c13-7-3-4-8(9(14)6-7)11(16)15-5-1-2-10(15)12(17)18;1-3(2)4/h3-4,6,10H,1-2,5H2,(H,17,18);3H,4H2,1-2H3/t10-;/m0./s1. The van der Waals surface area contributed by atoms with Crippen LogP contribution in [0.15, 0.2) is 18.2 Å². The SMILES string of the molecule is CC(C)[NH3+].O=C([O-])[C@@H]1CCCN1C(=O)c1ccc(Cl)cc1Cl. The first-order chi connectivity index (χ1) is 10.2. The van der Waals surface area contributed by atoms with E-state index in [9.17, 15) is 14.7 Å². The highest BCUT2D eigenvalue weighted by Crippen LogP contribution is 2.25. The van der Waals surface area contributed by atoms with Crippen LogP contribution in [0.3, 0.4) is 0 Å². The van der Waals surface area contributed by atoms with Gasteiger partial charge in [0.15, 0.2) is 0 Å². The van der Waals surface area contributed by atoms with Crippen molar-refractivity contribution in [2.24, 2.45) is 0 Å². The molecule has 0 bridgehead atoms. The number of carbonyl (C=O) groups excluding carboxylic acids is 2. The lowest BCUT2D eigenvalue weighted by Crippen LogP contribution is -2.57. The molecule has 7 heteroatoms. The zero-order chi connectivity index (χ0) is 16.9. The molecule has 5 nitrogen and oxygen atoms in total. The molecule has 3 N–H and O–H groups in total. The molecule has 1 amide bonds. The highest BCUT2D eigenvalue weighted by atomic mass is 35.5. The first kappa shape index (κ1) is 18.7. The van der Waals surface area contributed by atoms with Crippen molar-refractivity contribution in [3.63, 3.8) is 0 Å². The maximum Gasteiger partial charge on any atom is 0.255 e. The lowest BCUT2D eigenvalue weighted by molar-refractivity contribution is -0.407. The zero-order valence-electron chi connectivity index (χ0n) is 12.6. The van der Waals surface area contributed by atoms with E-state index in [2.05, 4.69) is 19.6 Å². The van der Waals surface area contributed by atoms with Gasteiger partial charge in [0.2, 0.25) is 0 Å². The number of quaternary nitrogens is 1. The van der Waals surface area contributed by atoms with Crippen molar-refractivity contribution in [2.45, 2.75) is 38.8 Å². The summed E-state index contributed by atoms with van der Waals surface area (Å²) in [5.41, 5.74) is 3.90. The fourth-order valence-electron chi connectivity index (χ4n) is 2.07. The summed E-state index contributed by atoms with van der Waals surface area (Å²) in [7, 11) is 0. The van der Waals surface area contributed by atoms with E-state index in [1.54, 1.807) is 6.07 Å². The quantitative estimate of drug-likeness (QED) is 0.865. The smallest absolute Gasteiger partial charge is 0.255 e. The number of amides is 1. The molecule has 122 valence electrons. The number of carbonyl (C=O) groups is 2. The predicted octanol–water partition coefficient (Wildman–Crippen LogP) is 0.985. The summed E-state index contributed by atoms with van der Waals surface area (Å²) in [6.07, 6.45) is 1.06. The fraction of sp³-hybridized carbons (Fsp3) is 0.467. The van der Waals surface area contributed by atoms with Gasteiger partial charge >= 0.3 is 0 Å². The molecule has 22 heavy (non-hydrogen) atoms. The van der Waals surface area contributed by atoms with E-state index in [0.717, 1.165) is 0 Å². The number of hydrogen-bond donors (Lipinski definition) is 1. The summed E-state index contributed by atoms with van der Waals surface area (Å²) in [4.78, 5) is 24.4. The third kappa shape index (κ3) is 5.16. The van der Waals surface area contributed by atoms with E-state index in [0.29, 0.717) is 30.5 Å². The minimum Gasteiger partial charge on any atom is -0.548 e. The normalized spacial score (nSPS) is 17.2. The minimum absolute atomic E-state index is 0.219. The summed E-state index contributed by atoms with van der Waals surface area (Å²) >= 11 is 11.7. The largest absolute Gasteiger partial charge is 0.548 e. The van der Waals surface area contributed by atoms with Gasteiger partial charge in [-0.05, 0) is 44.9 Å². The second-order valence-corrected chi connectivity index (χ2v) is 6.34. The highest BCUT2D eigenvalue weighted by molar-refractivity contribution is 6.36.